The van der Waals surface area contributed by atoms with Crippen LogP contribution in [0.1, 0.15) is 19.3 Å². The van der Waals surface area contributed by atoms with Gasteiger partial charge in [0.2, 0.25) is 0 Å². The molecule has 0 amide bonds. The van der Waals surface area contributed by atoms with E-state index in [0.717, 1.165) is 19.3 Å². The molecule has 1 heterocycles. The molecular weight excluding hydrogens is 266 g/mol. The number of ether oxygens (including phenoxy) is 1. The van der Waals surface area contributed by atoms with Gasteiger partial charge in [-0.05, 0) is 31.0 Å². The SMILES string of the molecule is COc1ccc(NS(=O)(=O)N2CCCCC2)cc1N. The summed E-state index contributed by atoms with van der Waals surface area (Å²) in [7, 11) is -1.97. The van der Waals surface area contributed by atoms with Crippen molar-refractivity contribution in [1.29, 1.82) is 0 Å². The first kappa shape index (κ1) is 14.0. The summed E-state index contributed by atoms with van der Waals surface area (Å²) in [5.74, 6) is 0.529. The molecule has 0 bridgehead atoms. The zero-order valence-electron chi connectivity index (χ0n) is 10.9. The summed E-state index contributed by atoms with van der Waals surface area (Å²) in [6.07, 6.45) is 2.90. The lowest BCUT2D eigenvalue weighted by molar-refractivity contribution is 0.349. The Morgan fingerprint density at radius 2 is 1.95 bits per heavy atom. The summed E-state index contributed by atoms with van der Waals surface area (Å²) < 4.78 is 33.4. The van der Waals surface area contributed by atoms with Gasteiger partial charge in [0.1, 0.15) is 5.75 Å². The van der Waals surface area contributed by atoms with Crippen molar-refractivity contribution in [3.8, 4) is 5.75 Å². The Labute approximate surface area is 113 Å². The van der Waals surface area contributed by atoms with Crippen LogP contribution in [-0.4, -0.2) is 32.9 Å². The number of benzene rings is 1. The van der Waals surface area contributed by atoms with Crippen LogP contribution in [0.3, 0.4) is 0 Å². The van der Waals surface area contributed by atoms with Crippen LogP contribution < -0.4 is 15.2 Å². The molecular formula is C12H19N3O3S. The van der Waals surface area contributed by atoms with Crippen molar-refractivity contribution in [1.82, 2.24) is 4.31 Å². The molecule has 1 aliphatic heterocycles. The highest BCUT2D eigenvalue weighted by atomic mass is 32.2. The third-order valence-electron chi connectivity index (χ3n) is 3.13. The Hall–Kier alpha value is -1.47. The molecule has 0 spiro atoms. The number of hydrogen-bond donors (Lipinski definition) is 2. The standard InChI is InChI=1S/C12H19N3O3S/c1-18-12-6-5-10(9-11(12)13)14-19(16,17)15-7-3-2-4-8-15/h5-6,9,14H,2-4,7-8,13H2,1H3. The number of nitrogens with two attached hydrogens (primary N) is 1. The monoisotopic (exact) mass is 285 g/mol. The zero-order chi connectivity index (χ0) is 13.9. The molecule has 2 rings (SSSR count). The van der Waals surface area contributed by atoms with E-state index < -0.39 is 10.2 Å². The first-order chi connectivity index (χ1) is 9.03. The van der Waals surface area contributed by atoms with Crippen molar-refractivity contribution < 1.29 is 13.2 Å². The van der Waals surface area contributed by atoms with E-state index in [1.54, 1.807) is 18.2 Å². The van der Waals surface area contributed by atoms with Crippen molar-refractivity contribution in [3.63, 3.8) is 0 Å². The molecule has 6 nitrogen and oxygen atoms in total. The smallest absolute Gasteiger partial charge is 0.301 e. The van der Waals surface area contributed by atoms with Crippen LogP contribution in [0.4, 0.5) is 11.4 Å². The lowest BCUT2D eigenvalue weighted by Gasteiger charge is -2.26. The van der Waals surface area contributed by atoms with Crippen molar-refractivity contribution in [3.05, 3.63) is 18.2 Å². The largest absolute Gasteiger partial charge is 0.495 e. The molecule has 0 atom stereocenters. The van der Waals surface area contributed by atoms with Crippen LogP contribution in [0.25, 0.3) is 0 Å². The number of anilines is 2. The first-order valence-electron chi connectivity index (χ1n) is 6.24. The lowest BCUT2D eigenvalue weighted by atomic mass is 10.2. The van der Waals surface area contributed by atoms with Gasteiger partial charge >= 0.3 is 10.2 Å². The highest BCUT2D eigenvalue weighted by Crippen LogP contribution is 2.25. The summed E-state index contributed by atoms with van der Waals surface area (Å²) >= 11 is 0. The number of hydrogen-bond acceptors (Lipinski definition) is 4. The maximum Gasteiger partial charge on any atom is 0.301 e. The van der Waals surface area contributed by atoms with Gasteiger partial charge in [-0.3, -0.25) is 4.72 Å². The van der Waals surface area contributed by atoms with Crippen molar-refractivity contribution >= 4 is 21.6 Å². The van der Waals surface area contributed by atoms with Crippen molar-refractivity contribution in [2.75, 3.05) is 30.7 Å². The molecule has 0 unspecified atom stereocenters. The second-order valence-electron chi connectivity index (χ2n) is 4.52. The molecule has 1 aromatic carbocycles. The Morgan fingerprint density at radius 3 is 2.53 bits per heavy atom. The Kier molecular flexibility index (Phi) is 4.16. The average molecular weight is 285 g/mol. The maximum absolute atomic E-state index is 12.2. The van der Waals surface area contributed by atoms with Gasteiger partial charge in [0.15, 0.2) is 0 Å². The van der Waals surface area contributed by atoms with Crippen LogP contribution in [0, 0.1) is 0 Å². The minimum atomic E-state index is -3.49. The van der Waals surface area contributed by atoms with Crippen LogP contribution in [0.15, 0.2) is 18.2 Å². The molecule has 7 heteroatoms. The van der Waals surface area contributed by atoms with Gasteiger partial charge in [-0.1, -0.05) is 6.42 Å². The van der Waals surface area contributed by atoms with Gasteiger partial charge in [0.05, 0.1) is 18.5 Å². The molecule has 106 valence electrons. The summed E-state index contributed by atoms with van der Waals surface area (Å²) in [4.78, 5) is 0. The molecule has 1 saturated heterocycles. The first-order valence-corrected chi connectivity index (χ1v) is 7.68. The summed E-state index contributed by atoms with van der Waals surface area (Å²) in [6, 6.07) is 4.83. The third-order valence-corrected chi connectivity index (χ3v) is 4.67. The Bertz CT molecular complexity index is 539. The molecule has 0 aromatic heterocycles. The second-order valence-corrected chi connectivity index (χ2v) is 6.19. The van der Waals surface area contributed by atoms with Crippen LogP contribution in [-0.2, 0) is 10.2 Å². The Balaban J connectivity index is 2.13. The average Bonchev–Trinajstić information content (AvgIpc) is 2.39. The van der Waals surface area contributed by atoms with E-state index in [1.165, 1.54) is 11.4 Å². The number of nitrogens with one attached hydrogen (secondary N) is 1. The molecule has 1 aliphatic rings. The molecule has 0 saturated carbocycles. The normalized spacial score (nSPS) is 17.1. The highest BCUT2D eigenvalue weighted by molar-refractivity contribution is 7.90. The molecule has 3 N–H and O–H groups in total. The minimum Gasteiger partial charge on any atom is -0.495 e. The van der Waals surface area contributed by atoms with Gasteiger partial charge in [-0.2, -0.15) is 12.7 Å². The fourth-order valence-corrected chi connectivity index (χ4v) is 3.41. The number of rotatable bonds is 4. The molecule has 1 aromatic rings. The molecule has 0 aliphatic carbocycles. The van der Waals surface area contributed by atoms with Crippen molar-refractivity contribution in [2.24, 2.45) is 0 Å². The number of nitrogen functional groups attached to an aromatic ring is 1. The number of nitrogens with zero attached hydrogens (tertiary/aromatic N) is 1. The van der Waals surface area contributed by atoms with Crippen molar-refractivity contribution in [2.45, 2.75) is 19.3 Å². The van der Waals surface area contributed by atoms with E-state index >= 15 is 0 Å². The van der Waals surface area contributed by atoms with Gasteiger partial charge in [-0.15, -0.1) is 0 Å². The van der Waals surface area contributed by atoms with E-state index in [-0.39, 0.29) is 0 Å². The molecule has 1 fully saturated rings. The number of piperidine rings is 1. The molecule has 0 radical (unpaired) electrons. The summed E-state index contributed by atoms with van der Waals surface area (Å²) in [6.45, 7) is 1.14. The van der Waals surface area contributed by atoms with Gasteiger partial charge in [-0.25, -0.2) is 0 Å². The van der Waals surface area contributed by atoms with Gasteiger partial charge in [0.25, 0.3) is 0 Å². The van der Waals surface area contributed by atoms with E-state index in [9.17, 15) is 8.42 Å². The quantitative estimate of drug-likeness (QED) is 0.819. The van der Waals surface area contributed by atoms with Crippen LogP contribution in [0.5, 0.6) is 5.75 Å². The second kappa shape index (κ2) is 5.66. The van der Waals surface area contributed by atoms with E-state index in [4.69, 9.17) is 10.5 Å². The van der Waals surface area contributed by atoms with E-state index in [2.05, 4.69) is 4.72 Å². The minimum absolute atomic E-state index is 0.404. The predicted molar refractivity (Wildman–Crippen MR) is 75.4 cm³/mol. The van der Waals surface area contributed by atoms with E-state index in [0.29, 0.717) is 30.2 Å². The maximum atomic E-state index is 12.2. The van der Waals surface area contributed by atoms with Crippen LogP contribution in [0.2, 0.25) is 0 Å². The van der Waals surface area contributed by atoms with Gasteiger partial charge < -0.3 is 10.5 Å². The predicted octanol–water partition coefficient (Wildman–Crippen LogP) is 1.42. The van der Waals surface area contributed by atoms with E-state index in [1.807, 2.05) is 0 Å². The fourth-order valence-electron chi connectivity index (χ4n) is 2.12. The summed E-state index contributed by atoms with van der Waals surface area (Å²) in [5.41, 5.74) is 6.61. The lowest BCUT2D eigenvalue weighted by Crippen LogP contribution is -2.39. The zero-order valence-corrected chi connectivity index (χ0v) is 11.7. The topological polar surface area (TPSA) is 84.7 Å². The Morgan fingerprint density at radius 1 is 1.26 bits per heavy atom. The number of methoxy groups -OCH3 is 1. The van der Waals surface area contributed by atoms with Crippen LogP contribution >= 0.6 is 0 Å². The van der Waals surface area contributed by atoms with Gasteiger partial charge in [0, 0.05) is 13.1 Å². The summed E-state index contributed by atoms with van der Waals surface area (Å²) in [5, 5.41) is 0. The molecule has 19 heavy (non-hydrogen) atoms. The fraction of sp³-hybridized carbons (Fsp3) is 0.500. The highest BCUT2D eigenvalue weighted by Gasteiger charge is 2.23. The third kappa shape index (κ3) is 3.30.